The molecule has 1 aliphatic rings. The van der Waals surface area contributed by atoms with E-state index in [1.54, 1.807) is 6.08 Å². The number of hydrogen-bond acceptors (Lipinski definition) is 1. The lowest BCUT2D eigenvalue weighted by Crippen LogP contribution is -2.29. The van der Waals surface area contributed by atoms with Gasteiger partial charge in [0.05, 0.1) is 6.04 Å². The minimum Gasteiger partial charge on any atom is -0.346 e. The molecule has 2 nitrogen and oxygen atoms in total. The minimum absolute atomic E-state index is 0.0189. The number of benzene rings is 1. The highest BCUT2D eigenvalue weighted by Gasteiger charge is 2.20. The lowest BCUT2D eigenvalue weighted by Gasteiger charge is -2.25. The smallest absolute Gasteiger partial charge is 0.244 e. The summed E-state index contributed by atoms with van der Waals surface area (Å²) in [5.41, 5.74) is 2.66. The Morgan fingerprint density at radius 1 is 1.39 bits per heavy atom. The summed E-state index contributed by atoms with van der Waals surface area (Å²) in [5, 5.41) is 3.10. The van der Waals surface area contributed by atoms with E-state index < -0.39 is 0 Å². The van der Waals surface area contributed by atoms with Gasteiger partial charge < -0.3 is 5.32 Å². The van der Waals surface area contributed by atoms with Crippen LogP contribution in [0.4, 0.5) is 0 Å². The molecule has 0 aliphatic heterocycles. The second-order valence-electron chi connectivity index (χ2n) is 5.26. The maximum atomic E-state index is 11.8. The zero-order valence-electron chi connectivity index (χ0n) is 11.1. The van der Waals surface area contributed by atoms with Gasteiger partial charge in [-0.25, -0.2) is 0 Å². The summed E-state index contributed by atoms with van der Waals surface area (Å²) in [6.45, 7) is 4.14. The van der Waals surface area contributed by atoms with Crippen molar-refractivity contribution in [3.8, 4) is 0 Å². The summed E-state index contributed by atoms with van der Waals surface area (Å²) in [6, 6.07) is 8.59. The van der Waals surface area contributed by atoms with Gasteiger partial charge >= 0.3 is 0 Å². The van der Waals surface area contributed by atoms with Gasteiger partial charge in [-0.05, 0) is 42.4 Å². The van der Waals surface area contributed by atoms with Crippen LogP contribution in [0.25, 0.3) is 0 Å². The molecule has 1 unspecified atom stereocenters. The molecule has 0 spiro atoms. The third kappa shape index (κ3) is 3.22. The Bertz CT molecular complexity index is 448. The lowest BCUT2D eigenvalue weighted by molar-refractivity contribution is -0.117. The van der Waals surface area contributed by atoms with Gasteiger partial charge in [0, 0.05) is 0 Å². The molecule has 0 saturated heterocycles. The highest BCUT2D eigenvalue weighted by molar-refractivity contribution is 5.87. The molecule has 0 heterocycles. The topological polar surface area (TPSA) is 29.1 Å². The molecule has 0 saturated carbocycles. The first-order chi connectivity index (χ1) is 8.66. The normalized spacial score (nSPS) is 18.9. The van der Waals surface area contributed by atoms with E-state index in [0.717, 1.165) is 19.3 Å². The largest absolute Gasteiger partial charge is 0.346 e. The Morgan fingerprint density at radius 2 is 2.17 bits per heavy atom. The third-order valence-corrected chi connectivity index (χ3v) is 3.32. The summed E-state index contributed by atoms with van der Waals surface area (Å²) in [6.07, 6.45) is 6.91. The zero-order chi connectivity index (χ0) is 13.0. The Hall–Kier alpha value is -1.57. The quantitative estimate of drug-likeness (QED) is 0.810. The van der Waals surface area contributed by atoms with Crippen LogP contribution in [0.2, 0.25) is 0 Å². The summed E-state index contributed by atoms with van der Waals surface area (Å²) in [4.78, 5) is 11.8. The van der Waals surface area contributed by atoms with Crippen LogP contribution in [0.5, 0.6) is 0 Å². The Labute approximate surface area is 109 Å². The number of nitrogens with one attached hydrogen (secondary N) is 1. The molecule has 18 heavy (non-hydrogen) atoms. The SMILES string of the molecule is CC(C)C=CC(=O)NC1CCCc2ccccc21. The molecular formula is C16H21NO. The van der Waals surface area contributed by atoms with Gasteiger partial charge in [-0.2, -0.15) is 0 Å². The van der Waals surface area contributed by atoms with Crippen LogP contribution in [0.3, 0.4) is 0 Å². The Kier molecular flexibility index (Phi) is 4.19. The van der Waals surface area contributed by atoms with Crippen molar-refractivity contribution in [1.82, 2.24) is 5.32 Å². The maximum Gasteiger partial charge on any atom is 0.244 e. The van der Waals surface area contributed by atoms with E-state index in [9.17, 15) is 4.79 Å². The number of carbonyl (C=O) groups excluding carboxylic acids is 1. The molecule has 96 valence electrons. The van der Waals surface area contributed by atoms with E-state index in [4.69, 9.17) is 0 Å². The van der Waals surface area contributed by atoms with Crippen molar-refractivity contribution in [2.24, 2.45) is 5.92 Å². The molecule has 1 amide bonds. The Balaban J connectivity index is 2.05. The number of allylic oxidation sites excluding steroid dienone is 1. The fraction of sp³-hybridized carbons (Fsp3) is 0.438. The first-order valence-corrected chi connectivity index (χ1v) is 6.73. The van der Waals surface area contributed by atoms with Gasteiger partial charge in [-0.1, -0.05) is 44.2 Å². The van der Waals surface area contributed by atoms with Crippen LogP contribution in [0, 0.1) is 5.92 Å². The fourth-order valence-corrected chi connectivity index (χ4v) is 2.40. The fourth-order valence-electron chi connectivity index (χ4n) is 2.40. The predicted molar refractivity (Wildman–Crippen MR) is 74.2 cm³/mol. The molecule has 1 aliphatic carbocycles. The van der Waals surface area contributed by atoms with E-state index in [-0.39, 0.29) is 11.9 Å². The molecule has 1 aromatic carbocycles. The van der Waals surface area contributed by atoms with Gasteiger partial charge in [0.25, 0.3) is 0 Å². The number of rotatable bonds is 3. The van der Waals surface area contributed by atoms with Gasteiger partial charge in [0.15, 0.2) is 0 Å². The number of carbonyl (C=O) groups is 1. The summed E-state index contributed by atoms with van der Waals surface area (Å²) in [7, 11) is 0. The van der Waals surface area contributed by atoms with Gasteiger partial charge in [-0.15, -0.1) is 0 Å². The first kappa shape index (κ1) is 12.9. The van der Waals surface area contributed by atoms with E-state index in [2.05, 4.69) is 37.4 Å². The molecule has 1 aromatic rings. The molecule has 1 N–H and O–H groups in total. The van der Waals surface area contributed by atoms with E-state index in [1.165, 1.54) is 11.1 Å². The van der Waals surface area contributed by atoms with Gasteiger partial charge in [0.1, 0.15) is 0 Å². The van der Waals surface area contributed by atoms with Crippen LogP contribution >= 0.6 is 0 Å². The first-order valence-electron chi connectivity index (χ1n) is 6.73. The van der Waals surface area contributed by atoms with Crippen LogP contribution in [0.15, 0.2) is 36.4 Å². The van der Waals surface area contributed by atoms with Crippen molar-refractivity contribution in [3.05, 3.63) is 47.5 Å². The molecule has 2 rings (SSSR count). The van der Waals surface area contributed by atoms with E-state index >= 15 is 0 Å². The average Bonchev–Trinajstić information content (AvgIpc) is 2.37. The molecule has 0 bridgehead atoms. The van der Waals surface area contributed by atoms with Crippen molar-refractivity contribution in [1.29, 1.82) is 0 Å². The highest BCUT2D eigenvalue weighted by atomic mass is 16.1. The van der Waals surface area contributed by atoms with Crippen LogP contribution in [-0.4, -0.2) is 5.91 Å². The van der Waals surface area contributed by atoms with Crippen LogP contribution in [0.1, 0.15) is 43.9 Å². The van der Waals surface area contributed by atoms with Crippen molar-refractivity contribution in [3.63, 3.8) is 0 Å². The van der Waals surface area contributed by atoms with E-state index in [0.29, 0.717) is 5.92 Å². The van der Waals surface area contributed by atoms with E-state index in [1.807, 2.05) is 12.1 Å². The molecule has 0 radical (unpaired) electrons. The second-order valence-corrected chi connectivity index (χ2v) is 5.26. The Morgan fingerprint density at radius 3 is 2.94 bits per heavy atom. The number of hydrogen-bond donors (Lipinski definition) is 1. The summed E-state index contributed by atoms with van der Waals surface area (Å²) < 4.78 is 0. The highest BCUT2D eigenvalue weighted by Crippen LogP contribution is 2.29. The van der Waals surface area contributed by atoms with Crippen LogP contribution in [-0.2, 0) is 11.2 Å². The molecule has 0 aromatic heterocycles. The lowest BCUT2D eigenvalue weighted by atomic mass is 9.88. The maximum absolute atomic E-state index is 11.8. The molecular weight excluding hydrogens is 222 g/mol. The number of amides is 1. The second kappa shape index (κ2) is 5.85. The standard InChI is InChI=1S/C16H21NO/c1-12(2)10-11-16(18)17-15-9-5-7-13-6-3-4-8-14(13)15/h3-4,6,8,10-12,15H,5,7,9H2,1-2H3,(H,17,18). The van der Waals surface area contributed by atoms with Crippen molar-refractivity contribution in [2.75, 3.05) is 0 Å². The van der Waals surface area contributed by atoms with Crippen LogP contribution < -0.4 is 5.32 Å². The summed E-state index contributed by atoms with van der Waals surface area (Å²) >= 11 is 0. The zero-order valence-corrected chi connectivity index (χ0v) is 11.1. The minimum atomic E-state index is 0.0189. The predicted octanol–water partition coefficient (Wildman–Crippen LogP) is 3.39. The number of fused-ring (bicyclic) bond motifs is 1. The van der Waals surface area contributed by atoms with Crippen molar-refractivity contribution in [2.45, 2.75) is 39.2 Å². The molecule has 2 heteroatoms. The van der Waals surface area contributed by atoms with Crippen molar-refractivity contribution >= 4 is 5.91 Å². The van der Waals surface area contributed by atoms with Gasteiger partial charge in [-0.3, -0.25) is 4.79 Å². The van der Waals surface area contributed by atoms with Gasteiger partial charge in [0.2, 0.25) is 5.91 Å². The monoisotopic (exact) mass is 243 g/mol. The average molecular weight is 243 g/mol. The van der Waals surface area contributed by atoms with Crippen molar-refractivity contribution < 1.29 is 4.79 Å². The molecule has 0 fully saturated rings. The number of aryl methyl sites for hydroxylation is 1. The molecule has 1 atom stereocenters. The third-order valence-electron chi connectivity index (χ3n) is 3.32. The summed E-state index contributed by atoms with van der Waals surface area (Å²) in [5.74, 6) is 0.430.